The maximum Gasteiger partial charge on any atom is 0.224 e. The third kappa shape index (κ3) is 2.55. The van der Waals surface area contributed by atoms with E-state index < -0.39 is 0 Å². The lowest BCUT2D eigenvalue weighted by Crippen LogP contribution is -2.27. The van der Waals surface area contributed by atoms with Crippen LogP contribution >= 0.6 is 0 Å². The number of hydrogen-bond donors (Lipinski definition) is 0. The zero-order chi connectivity index (χ0) is 10.6. The van der Waals surface area contributed by atoms with Gasteiger partial charge in [-0.2, -0.15) is 0 Å². The highest BCUT2D eigenvalue weighted by Gasteiger charge is 2.19. The Labute approximate surface area is 84.1 Å². The van der Waals surface area contributed by atoms with Gasteiger partial charge in [-0.1, -0.05) is 6.92 Å². The maximum absolute atomic E-state index is 10.7. The van der Waals surface area contributed by atoms with Crippen LogP contribution in [-0.2, 0) is 0 Å². The van der Waals surface area contributed by atoms with Gasteiger partial charge in [0.15, 0.2) is 6.29 Å². The molecule has 1 aromatic heterocycles. The van der Waals surface area contributed by atoms with E-state index in [1.165, 1.54) is 0 Å². The molecule has 0 unspecified atom stereocenters. The van der Waals surface area contributed by atoms with Crippen LogP contribution in [0.25, 0.3) is 0 Å². The average Bonchev–Trinajstić information content (AvgIpc) is 2.18. The quantitative estimate of drug-likeness (QED) is 0.689. The number of pyridine rings is 1. The fraction of sp³-hybridized carbons (Fsp3) is 0.455. The van der Waals surface area contributed by atoms with Gasteiger partial charge in [0.25, 0.3) is 0 Å². The van der Waals surface area contributed by atoms with Gasteiger partial charge in [0.05, 0.1) is 5.56 Å². The van der Waals surface area contributed by atoms with Crippen LogP contribution in [0.2, 0.25) is 0 Å². The minimum absolute atomic E-state index is 0.286. The Balaban J connectivity index is 2.91. The van der Waals surface area contributed by atoms with Crippen molar-refractivity contribution in [3.63, 3.8) is 0 Å². The first-order chi connectivity index (χ1) is 6.59. The van der Waals surface area contributed by atoms with E-state index in [2.05, 4.69) is 4.98 Å². The molecular weight excluding hydrogens is 178 g/mol. The molecule has 0 aromatic carbocycles. The number of carbonyl (C=O) groups is 1. The number of aromatic nitrogens is 1. The molecule has 0 atom stereocenters. The van der Waals surface area contributed by atoms with Gasteiger partial charge in [-0.05, 0) is 32.4 Å². The van der Waals surface area contributed by atoms with Gasteiger partial charge in [-0.25, -0.2) is 4.98 Å². The first-order valence-electron chi connectivity index (χ1n) is 4.68. The number of ether oxygens (including phenoxy) is 1. The minimum Gasteiger partial charge on any atom is -0.471 e. The zero-order valence-corrected chi connectivity index (χ0v) is 8.78. The van der Waals surface area contributed by atoms with Crippen LogP contribution in [0.1, 0.15) is 37.6 Å². The third-order valence-corrected chi connectivity index (χ3v) is 2.15. The Morgan fingerprint density at radius 3 is 2.86 bits per heavy atom. The van der Waals surface area contributed by atoms with E-state index in [-0.39, 0.29) is 5.60 Å². The molecule has 0 radical (unpaired) electrons. The molecule has 0 N–H and O–H groups in total. The van der Waals surface area contributed by atoms with Gasteiger partial charge in [0.1, 0.15) is 5.60 Å². The molecule has 1 heterocycles. The number of carbonyl (C=O) groups excluding carboxylic acids is 1. The summed E-state index contributed by atoms with van der Waals surface area (Å²) in [4.78, 5) is 14.7. The molecule has 0 saturated heterocycles. The van der Waals surface area contributed by atoms with Crippen LogP contribution < -0.4 is 4.74 Å². The summed E-state index contributed by atoms with van der Waals surface area (Å²) < 4.78 is 5.63. The van der Waals surface area contributed by atoms with Crippen molar-refractivity contribution in [3.05, 3.63) is 23.9 Å². The van der Waals surface area contributed by atoms with E-state index in [0.29, 0.717) is 11.4 Å². The summed E-state index contributed by atoms with van der Waals surface area (Å²) in [6, 6.07) is 3.41. The SMILES string of the molecule is CCC(C)(C)Oc1ncccc1C=O. The van der Waals surface area contributed by atoms with Gasteiger partial charge in [-0.15, -0.1) is 0 Å². The van der Waals surface area contributed by atoms with E-state index in [0.717, 1.165) is 12.7 Å². The summed E-state index contributed by atoms with van der Waals surface area (Å²) in [6.45, 7) is 5.97. The largest absolute Gasteiger partial charge is 0.471 e. The highest BCUT2D eigenvalue weighted by molar-refractivity contribution is 5.77. The number of nitrogens with zero attached hydrogens (tertiary/aromatic N) is 1. The second-order valence-corrected chi connectivity index (χ2v) is 3.73. The number of rotatable bonds is 4. The van der Waals surface area contributed by atoms with E-state index in [1.807, 2.05) is 20.8 Å². The maximum atomic E-state index is 10.7. The monoisotopic (exact) mass is 193 g/mol. The molecule has 0 amide bonds. The Kier molecular flexibility index (Phi) is 3.23. The fourth-order valence-corrected chi connectivity index (χ4v) is 0.912. The van der Waals surface area contributed by atoms with E-state index in [9.17, 15) is 4.79 Å². The van der Waals surface area contributed by atoms with Gasteiger partial charge in [-0.3, -0.25) is 4.79 Å². The summed E-state index contributed by atoms with van der Waals surface area (Å²) in [6.07, 6.45) is 3.24. The Morgan fingerprint density at radius 2 is 2.29 bits per heavy atom. The van der Waals surface area contributed by atoms with E-state index >= 15 is 0 Å². The first-order valence-corrected chi connectivity index (χ1v) is 4.68. The lowest BCUT2D eigenvalue weighted by atomic mass is 10.1. The highest BCUT2D eigenvalue weighted by atomic mass is 16.5. The second-order valence-electron chi connectivity index (χ2n) is 3.73. The summed E-state index contributed by atoms with van der Waals surface area (Å²) >= 11 is 0. The Morgan fingerprint density at radius 1 is 1.57 bits per heavy atom. The Bertz CT molecular complexity index is 321. The fourth-order valence-electron chi connectivity index (χ4n) is 0.912. The molecule has 3 heteroatoms. The van der Waals surface area contributed by atoms with Crippen molar-refractivity contribution in [3.8, 4) is 5.88 Å². The van der Waals surface area contributed by atoms with Gasteiger partial charge in [0.2, 0.25) is 5.88 Å². The van der Waals surface area contributed by atoms with Crippen molar-refractivity contribution < 1.29 is 9.53 Å². The number of aldehydes is 1. The molecule has 76 valence electrons. The van der Waals surface area contributed by atoms with Crippen molar-refractivity contribution in [2.24, 2.45) is 0 Å². The van der Waals surface area contributed by atoms with Gasteiger partial charge in [0, 0.05) is 6.20 Å². The van der Waals surface area contributed by atoms with Crippen LogP contribution in [0.3, 0.4) is 0 Å². The molecule has 0 aliphatic rings. The standard InChI is InChI=1S/C11H15NO2/c1-4-11(2,3)14-10-9(8-13)6-5-7-12-10/h5-8H,4H2,1-3H3. The lowest BCUT2D eigenvalue weighted by molar-refractivity contribution is 0.0951. The lowest BCUT2D eigenvalue weighted by Gasteiger charge is -2.24. The summed E-state index contributed by atoms with van der Waals surface area (Å²) in [5.74, 6) is 0.411. The first kappa shape index (κ1) is 10.7. The molecule has 3 nitrogen and oxygen atoms in total. The van der Waals surface area contributed by atoms with Crippen LogP contribution in [-0.4, -0.2) is 16.9 Å². The minimum atomic E-state index is -0.286. The van der Waals surface area contributed by atoms with Crippen molar-refractivity contribution in [1.82, 2.24) is 4.98 Å². The molecule has 0 spiro atoms. The molecule has 1 aromatic rings. The van der Waals surface area contributed by atoms with Gasteiger partial charge < -0.3 is 4.74 Å². The smallest absolute Gasteiger partial charge is 0.224 e. The van der Waals surface area contributed by atoms with Crippen molar-refractivity contribution in [2.75, 3.05) is 0 Å². The molecule has 14 heavy (non-hydrogen) atoms. The average molecular weight is 193 g/mol. The molecule has 0 saturated carbocycles. The molecular formula is C11H15NO2. The predicted octanol–water partition coefficient (Wildman–Crippen LogP) is 2.46. The van der Waals surface area contributed by atoms with Crippen LogP contribution in [0, 0.1) is 0 Å². The Hall–Kier alpha value is -1.38. The zero-order valence-electron chi connectivity index (χ0n) is 8.78. The van der Waals surface area contributed by atoms with Crippen molar-refractivity contribution in [2.45, 2.75) is 32.8 Å². The normalized spacial score (nSPS) is 11.1. The van der Waals surface area contributed by atoms with E-state index in [1.54, 1.807) is 18.3 Å². The van der Waals surface area contributed by atoms with Crippen LogP contribution in [0.15, 0.2) is 18.3 Å². The second kappa shape index (κ2) is 4.22. The topological polar surface area (TPSA) is 39.2 Å². The molecule has 0 fully saturated rings. The molecule has 1 rings (SSSR count). The summed E-state index contributed by atoms with van der Waals surface area (Å²) in [5, 5.41) is 0. The molecule has 0 aliphatic heterocycles. The number of hydrogen-bond acceptors (Lipinski definition) is 3. The third-order valence-electron chi connectivity index (χ3n) is 2.15. The van der Waals surface area contributed by atoms with Crippen molar-refractivity contribution in [1.29, 1.82) is 0 Å². The van der Waals surface area contributed by atoms with Crippen LogP contribution in [0.4, 0.5) is 0 Å². The predicted molar refractivity (Wildman–Crippen MR) is 54.6 cm³/mol. The summed E-state index contributed by atoms with van der Waals surface area (Å²) in [5.41, 5.74) is 0.209. The van der Waals surface area contributed by atoms with Gasteiger partial charge >= 0.3 is 0 Å². The summed E-state index contributed by atoms with van der Waals surface area (Å²) in [7, 11) is 0. The molecule has 0 aliphatic carbocycles. The van der Waals surface area contributed by atoms with Crippen molar-refractivity contribution >= 4 is 6.29 Å². The van der Waals surface area contributed by atoms with E-state index in [4.69, 9.17) is 4.74 Å². The highest BCUT2D eigenvalue weighted by Crippen LogP contribution is 2.20. The molecule has 0 bridgehead atoms. The van der Waals surface area contributed by atoms with Crippen LogP contribution in [0.5, 0.6) is 5.88 Å².